The molecule has 1 aromatic carbocycles. The van der Waals surface area contributed by atoms with Crippen LogP contribution in [0.3, 0.4) is 0 Å². The topological polar surface area (TPSA) is 93.0 Å². The third-order valence-corrected chi connectivity index (χ3v) is 7.71. The van der Waals surface area contributed by atoms with E-state index in [1.165, 1.54) is 12.1 Å². The Labute approximate surface area is 166 Å². The molecule has 1 aliphatic carbocycles. The van der Waals surface area contributed by atoms with Gasteiger partial charge in [-0.15, -0.1) is 10.2 Å². The summed E-state index contributed by atoms with van der Waals surface area (Å²) in [6, 6.07) is 6.06. The van der Waals surface area contributed by atoms with Crippen LogP contribution in [0.25, 0.3) is 16.8 Å². The minimum absolute atomic E-state index is 0.00488. The Hall–Kier alpha value is -2.81. The number of benzene rings is 1. The number of H-pyrrole nitrogens is 1. The number of fused-ring (bicyclic) bond motifs is 3. The van der Waals surface area contributed by atoms with Crippen LogP contribution in [0.5, 0.6) is 0 Å². The molecule has 29 heavy (non-hydrogen) atoms. The van der Waals surface area contributed by atoms with E-state index < -0.39 is 15.7 Å². The fourth-order valence-electron chi connectivity index (χ4n) is 4.30. The molecule has 1 aliphatic rings. The first-order valence-electron chi connectivity index (χ1n) is 9.58. The summed E-state index contributed by atoms with van der Waals surface area (Å²) in [7, 11) is -3.54. The lowest BCUT2D eigenvalue weighted by Crippen LogP contribution is -2.15. The van der Waals surface area contributed by atoms with Gasteiger partial charge in [0.2, 0.25) is 0 Å². The molecule has 0 amide bonds. The predicted molar refractivity (Wildman–Crippen MR) is 106 cm³/mol. The highest BCUT2D eigenvalue weighted by Gasteiger charge is 2.33. The summed E-state index contributed by atoms with van der Waals surface area (Å²) in [4.78, 5) is 7.47. The van der Waals surface area contributed by atoms with Gasteiger partial charge in [-0.1, -0.05) is 6.07 Å². The van der Waals surface area contributed by atoms with Gasteiger partial charge < -0.3 is 4.98 Å². The molecule has 5 rings (SSSR count). The molecule has 7 nitrogen and oxygen atoms in total. The molecule has 2 atom stereocenters. The number of aromatic amines is 1. The highest BCUT2D eigenvalue weighted by atomic mass is 32.2. The molecule has 3 aromatic heterocycles. The average molecular weight is 413 g/mol. The molecular formula is C20H20FN5O2S. The van der Waals surface area contributed by atoms with Crippen molar-refractivity contribution in [3.63, 3.8) is 0 Å². The van der Waals surface area contributed by atoms with Crippen molar-refractivity contribution in [2.45, 2.75) is 37.0 Å². The van der Waals surface area contributed by atoms with Crippen LogP contribution in [-0.4, -0.2) is 38.7 Å². The fraction of sp³-hybridized carbons (Fsp3) is 0.350. The van der Waals surface area contributed by atoms with Gasteiger partial charge in [-0.25, -0.2) is 17.8 Å². The Morgan fingerprint density at radius 3 is 2.93 bits per heavy atom. The summed E-state index contributed by atoms with van der Waals surface area (Å²) in [5, 5.41) is 8.61. The van der Waals surface area contributed by atoms with E-state index in [0.29, 0.717) is 17.6 Å². The van der Waals surface area contributed by atoms with Gasteiger partial charge in [-0.3, -0.25) is 4.40 Å². The van der Waals surface area contributed by atoms with Crippen molar-refractivity contribution in [2.75, 3.05) is 5.75 Å². The van der Waals surface area contributed by atoms with Gasteiger partial charge in [-0.05, 0) is 55.9 Å². The van der Waals surface area contributed by atoms with E-state index >= 15 is 0 Å². The van der Waals surface area contributed by atoms with Gasteiger partial charge in [0.05, 0.1) is 22.4 Å². The zero-order valence-corrected chi connectivity index (χ0v) is 16.7. The Morgan fingerprint density at radius 1 is 1.24 bits per heavy atom. The summed E-state index contributed by atoms with van der Waals surface area (Å²) in [6.07, 6.45) is 5.85. The van der Waals surface area contributed by atoms with Crippen molar-refractivity contribution >= 4 is 26.6 Å². The van der Waals surface area contributed by atoms with E-state index in [1.54, 1.807) is 13.1 Å². The first-order valence-corrected chi connectivity index (χ1v) is 11.2. The van der Waals surface area contributed by atoms with Crippen LogP contribution in [0.1, 0.15) is 36.6 Å². The van der Waals surface area contributed by atoms with Crippen molar-refractivity contribution in [1.82, 2.24) is 24.6 Å². The number of hydrogen-bond donors (Lipinski definition) is 1. The molecule has 4 aromatic rings. The van der Waals surface area contributed by atoms with Crippen molar-refractivity contribution in [1.29, 1.82) is 0 Å². The zero-order valence-electron chi connectivity index (χ0n) is 15.8. The van der Waals surface area contributed by atoms with Crippen LogP contribution in [0, 0.1) is 18.7 Å². The third kappa shape index (κ3) is 3.09. The summed E-state index contributed by atoms with van der Waals surface area (Å²) in [6.45, 7) is 1.62. The second kappa shape index (κ2) is 6.62. The number of halogens is 1. The lowest BCUT2D eigenvalue weighted by molar-refractivity contribution is 0.548. The number of sulfone groups is 1. The van der Waals surface area contributed by atoms with Crippen molar-refractivity contribution in [3.8, 4) is 0 Å². The maximum atomic E-state index is 13.8. The second-order valence-corrected chi connectivity index (χ2v) is 9.82. The number of hydrogen-bond acceptors (Lipinski definition) is 5. The SMILES string of the molecule is Cc1ccc(S(=O)(=O)C[C@H]2CC[C@@H](c3nnc4cnc5[nH]ccc5n34)C2)cc1F. The highest BCUT2D eigenvalue weighted by Crippen LogP contribution is 2.39. The van der Waals surface area contributed by atoms with Crippen LogP contribution >= 0.6 is 0 Å². The molecule has 9 heteroatoms. The molecule has 0 saturated heterocycles. The van der Waals surface area contributed by atoms with E-state index in [1.807, 2.05) is 16.7 Å². The van der Waals surface area contributed by atoms with E-state index in [9.17, 15) is 12.8 Å². The monoisotopic (exact) mass is 413 g/mol. The Kier molecular flexibility index (Phi) is 4.16. The first-order chi connectivity index (χ1) is 13.9. The van der Waals surface area contributed by atoms with Gasteiger partial charge in [-0.2, -0.15) is 0 Å². The molecule has 0 aliphatic heterocycles. The predicted octanol–water partition coefficient (Wildman–Crippen LogP) is 3.41. The van der Waals surface area contributed by atoms with Gasteiger partial charge in [0, 0.05) is 12.1 Å². The minimum atomic E-state index is -3.54. The normalized spacial score (nSPS) is 20.1. The van der Waals surface area contributed by atoms with Crippen LogP contribution in [0.4, 0.5) is 4.39 Å². The van der Waals surface area contributed by atoms with E-state index in [-0.39, 0.29) is 22.5 Å². The number of nitrogens with one attached hydrogen (secondary N) is 1. The second-order valence-electron chi connectivity index (χ2n) is 7.79. The maximum Gasteiger partial charge on any atom is 0.179 e. The summed E-state index contributed by atoms with van der Waals surface area (Å²) >= 11 is 0. The van der Waals surface area contributed by atoms with Gasteiger partial charge >= 0.3 is 0 Å². The van der Waals surface area contributed by atoms with Crippen molar-refractivity contribution < 1.29 is 12.8 Å². The number of aryl methyl sites for hydroxylation is 1. The smallest absolute Gasteiger partial charge is 0.179 e. The third-order valence-electron chi connectivity index (χ3n) is 5.83. The van der Waals surface area contributed by atoms with Crippen LogP contribution in [0.15, 0.2) is 41.6 Å². The van der Waals surface area contributed by atoms with Gasteiger partial charge in [0.15, 0.2) is 21.1 Å². The molecule has 3 heterocycles. The standard InChI is InChI=1S/C20H20FN5O2S/c1-12-2-5-15(9-16(12)21)29(27,28)11-13-3-4-14(8-13)20-25-24-18-10-23-19-17(26(18)20)6-7-22-19/h2,5-7,9-10,13-14,22H,3-4,8,11H2,1H3/t13-,14+/m0/s1. The lowest BCUT2D eigenvalue weighted by Gasteiger charge is -2.12. The molecule has 0 bridgehead atoms. The number of nitrogens with zero attached hydrogens (tertiary/aromatic N) is 4. The Balaban J connectivity index is 1.40. The largest absolute Gasteiger partial charge is 0.345 e. The van der Waals surface area contributed by atoms with E-state index in [2.05, 4.69) is 20.2 Å². The number of rotatable bonds is 4. The number of aromatic nitrogens is 5. The maximum absolute atomic E-state index is 13.8. The van der Waals surface area contributed by atoms with Crippen LogP contribution in [-0.2, 0) is 9.84 Å². The quantitative estimate of drug-likeness (QED) is 0.553. The summed E-state index contributed by atoms with van der Waals surface area (Å²) in [5.41, 5.74) is 2.79. The first kappa shape index (κ1) is 18.2. The Morgan fingerprint density at radius 2 is 2.10 bits per heavy atom. The van der Waals surface area contributed by atoms with Crippen molar-refractivity contribution in [3.05, 3.63) is 53.9 Å². The molecule has 1 fully saturated rings. The molecule has 0 unspecified atom stereocenters. The molecule has 0 spiro atoms. The van der Waals surface area contributed by atoms with E-state index in [0.717, 1.165) is 35.9 Å². The summed E-state index contributed by atoms with van der Waals surface area (Å²) in [5.74, 6) is 0.498. The fourth-order valence-corrected chi connectivity index (χ4v) is 5.97. The van der Waals surface area contributed by atoms with Crippen LogP contribution < -0.4 is 0 Å². The van der Waals surface area contributed by atoms with E-state index in [4.69, 9.17) is 0 Å². The summed E-state index contributed by atoms with van der Waals surface area (Å²) < 4.78 is 41.4. The lowest BCUT2D eigenvalue weighted by atomic mass is 10.1. The van der Waals surface area contributed by atoms with Crippen LogP contribution in [0.2, 0.25) is 0 Å². The minimum Gasteiger partial charge on any atom is -0.345 e. The zero-order chi connectivity index (χ0) is 20.2. The molecule has 0 radical (unpaired) electrons. The van der Waals surface area contributed by atoms with Crippen molar-refractivity contribution in [2.24, 2.45) is 5.92 Å². The van der Waals surface area contributed by atoms with Gasteiger partial charge in [0.25, 0.3) is 0 Å². The molecular weight excluding hydrogens is 393 g/mol. The highest BCUT2D eigenvalue weighted by molar-refractivity contribution is 7.91. The van der Waals surface area contributed by atoms with Gasteiger partial charge in [0.1, 0.15) is 11.6 Å². The average Bonchev–Trinajstić information content (AvgIpc) is 3.40. The molecule has 1 N–H and O–H groups in total. The molecule has 1 saturated carbocycles. The Bertz CT molecular complexity index is 1330. The molecule has 150 valence electrons.